The van der Waals surface area contributed by atoms with Crippen molar-refractivity contribution in [2.75, 3.05) is 0 Å². The van der Waals surface area contributed by atoms with Crippen molar-refractivity contribution in [3.05, 3.63) is 76.2 Å². The van der Waals surface area contributed by atoms with Crippen molar-refractivity contribution in [2.45, 2.75) is 13.1 Å². The van der Waals surface area contributed by atoms with Crippen molar-refractivity contribution in [1.29, 1.82) is 0 Å². The first-order valence-corrected chi connectivity index (χ1v) is 8.19. The number of hydrogen-bond donors (Lipinski definition) is 0. The van der Waals surface area contributed by atoms with Crippen LogP contribution in [-0.4, -0.2) is 35.0 Å². The molecule has 0 fully saturated rings. The second-order valence-electron chi connectivity index (χ2n) is 5.70. The molecule has 3 heterocycles. The van der Waals surface area contributed by atoms with E-state index in [4.69, 9.17) is 11.6 Å². The topological polar surface area (TPSA) is 87.6 Å². The van der Waals surface area contributed by atoms with Crippen molar-refractivity contribution in [3.63, 3.8) is 0 Å². The maximum absolute atomic E-state index is 12.5. The molecule has 0 radical (unpaired) electrons. The average molecular weight is 369 g/mol. The van der Waals surface area contributed by atoms with Crippen molar-refractivity contribution in [3.8, 4) is 0 Å². The number of benzene rings is 1. The number of pyridine rings is 1. The zero-order valence-corrected chi connectivity index (χ0v) is 14.2. The highest BCUT2D eigenvalue weighted by molar-refractivity contribution is 6.29. The molecule has 0 bridgehead atoms. The van der Waals surface area contributed by atoms with E-state index in [1.807, 2.05) is 24.3 Å². The van der Waals surface area contributed by atoms with Gasteiger partial charge in [-0.05, 0) is 23.8 Å². The summed E-state index contributed by atoms with van der Waals surface area (Å²) in [6, 6.07) is 10.8. The first-order valence-electron chi connectivity index (χ1n) is 7.81. The minimum Gasteiger partial charge on any atom is -0.294 e. The van der Waals surface area contributed by atoms with Gasteiger partial charge in [0.15, 0.2) is 0 Å². The van der Waals surface area contributed by atoms with Gasteiger partial charge in [0, 0.05) is 18.6 Å². The largest absolute Gasteiger partial charge is 0.335 e. The number of hydrogen-bond acceptors (Lipinski definition) is 5. The molecular formula is C17H13ClN6O2. The Balaban J connectivity index is 1.56. The number of para-hydroxylation sites is 1. The number of carbonyl (C=O) groups excluding carboxylic acids is 1. The lowest BCUT2D eigenvalue weighted by molar-refractivity contribution is 0.0882. The molecule has 3 aromatic heterocycles. The first kappa shape index (κ1) is 16.2. The summed E-state index contributed by atoms with van der Waals surface area (Å²) in [6.45, 7) is 0.225. The number of nitrogens with zero attached hydrogens (tertiary/aromatic N) is 6. The predicted molar refractivity (Wildman–Crippen MR) is 95.2 cm³/mol. The molecule has 0 aliphatic rings. The number of aromatic nitrogens is 6. The van der Waals surface area contributed by atoms with E-state index in [2.05, 4.69) is 15.3 Å². The highest BCUT2D eigenvalue weighted by Crippen LogP contribution is 2.10. The lowest BCUT2D eigenvalue weighted by Crippen LogP contribution is -2.31. The summed E-state index contributed by atoms with van der Waals surface area (Å²) >= 11 is 5.76. The molecule has 0 aliphatic carbocycles. The van der Waals surface area contributed by atoms with Crippen LogP contribution in [0.1, 0.15) is 10.4 Å². The van der Waals surface area contributed by atoms with Crippen molar-refractivity contribution in [2.24, 2.45) is 0 Å². The summed E-state index contributed by atoms with van der Waals surface area (Å²) in [5.41, 5.74) is 1.82. The molecule has 0 saturated heterocycles. The van der Waals surface area contributed by atoms with Crippen LogP contribution in [0.15, 0.2) is 59.8 Å². The lowest BCUT2D eigenvalue weighted by Gasteiger charge is -2.03. The standard InChI is InChI=1S/C17H13ClN6O2/c18-15-6-5-12(9-19-15)10-22-7-8-23(17(22)26)16(25)11-24-14-4-2-1-3-13(14)20-21-24/h1-9H,10-11H2. The summed E-state index contributed by atoms with van der Waals surface area (Å²) in [5.74, 6) is -0.390. The van der Waals surface area contributed by atoms with Gasteiger partial charge in [-0.15, -0.1) is 5.10 Å². The minimum atomic E-state index is -0.422. The molecule has 130 valence electrons. The van der Waals surface area contributed by atoms with Gasteiger partial charge in [0.05, 0.1) is 12.1 Å². The number of rotatable bonds is 4. The summed E-state index contributed by atoms with van der Waals surface area (Å²) in [7, 11) is 0. The highest BCUT2D eigenvalue weighted by Gasteiger charge is 2.14. The molecule has 0 spiro atoms. The van der Waals surface area contributed by atoms with E-state index < -0.39 is 11.6 Å². The second-order valence-corrected chi connectivity index (χ2v) is 6.08. The Bertz CT molecular complexity index is 1140. The van der Waals surface area contributed by atoms with E-state index in [0.717, 1.165) is 15.6 Å². The van der Waals surface area contributed by atoms with Gasteiger partial charge in [-0.3, -0.25) is 9.36 Å². The van der Waals surface area contributed by atoms with Crippen LogP contribution < -0.4 is 5.69 Å². The number of fused-ring (bicyclic) bond motifs is 1. The van der Waals surface area contributed by atoms with Crippen molar-refractivity contribution in [1.82, 2.24) is 29.1 Å². The van der Waals surface area contributed by atoms with Crippen LogP contribution in [0.3, 0.4) is 0 Å². The molecule has 4 aromatic rings. The van der Waals surface area contributed by atoms with Crippen LogP contribution in [0.25, 0.3) is 11.0 Å². The first-order chi connectivity index (χ1) is 12.6. The molecule has 0 saturated carbocycles. The van der Waals surface area contributed by atoms with E-state index in [-0.39, 0.29) is 6.54 Å². The molecule has 1 aromatic carbocycles. The predicted octanol–water partition coefficient (Wildman–Crippen LogP) is 1.83. The molecule has 0 unspecified atom stereocenters. The van der Waals surface area contributed by atoms with Crippen LogP contribution in [0, 0.1) is 0 Å². The third-order valence-electron chi connectivity index (χ3n) is 3.96. The molecule has 8 nitrogen and oxygen atoms in total. The Morgan fingerprint density at radius 2 is 1.96 bits per heavy atom. The van der Waals surface area contributed by atoms with Gasteiger partial charge in [0.1, 0.15) is 17.2 Å². The van der Waals surface area contributed by atoms with Gasteiger partial charge >= 0.3 is 5.69 Å². The van der Waals surface area contributed by atoms with Gasteiger partial charge in [0.2, 0.25) is 0 Å². The third kappa shape index (κ3) is 3.02. The Kier molecular flexibility index (Phi) is 4.10. The monoisotopic (exact) mass is 368 g/mol. The molecule has 0 aliphatic heterocycles. The Labute approximate surface area is 152 Å². The van der Waals surface area contributed by atoms with Crippen LogP contribution in [-0.2, 0) is 13.1 Å². The molecular weight excluding hydrogens is 356 g/mol. The van der Waals surface area contributed by atoms with Gasteiger partial charge < -0.3 is 0 Å². The number of halogens is 1. The molecule has 9 heteroatoms. The van der Waals surface area contributed by atoms with Crippen molar-refractivity contribution >= 4 is 28.5 Å². The lowest BCUT2D eigenvalue weighted by atomic mass is 10.3. The zero-order valence-electron chi connectivity index (χ0n) is 13.5. The summed E-state index contributed by atoms with van der Waals surface area (Å²) in [6.07, 6.45) is 4.61. The molecule has 4 rings (SSSR count). The highest BCUT2D eigenvalue weighted by atomic mass is 35.5. The maximum atomic E-state index is 12.5. The molecule has 0 N–H and O–H groups in total. The molecule has 26 heavy (non-hydrogen) atoms. The average Bonchev–Trinajstić information content (AvgIpc) is 3.21. The summed E-state index contributed by atoms with van der Waals surface area (Å²) < 4.78 is 3.98. The van der Waals surface area contributed by atoms with E-state index in [0.29, 0.717) is 17.2 Å². The SMILES string of the molecule is O=C(Cn1nnc2ccccc21)n1ccn(Cc2ccc(Cl)nc2)c1=O. The fourth-order valence-corrected chi connectivity index (χ4v) is 2.77. The van der Waals surface area contributed by atoms with Gasteiger partial charge in [-0.2, -0.15) is 0 Å². The molecule has 0 atom stereocenters. The van der Waals surface area contributed by atoms with E-state index in [1.54, 1.807) is 24.5 Å². The Morgan fingerprint density at radius 3 is 2.77 bits per heavy atom. The maximum Gasteiger partial charge on any atom is 0.335 e. The van der Waals surface area contributed by atoms with E-state index in [9.17, 15) is 9.59 Å². The summed E-state index contributed by atoms with van der Waals surface area (Å²) in [5, 5.41) is 8.37. The van der Waals surface area contributed by atoms with Crippen LogP contribution in [0.4, 0.5) is 0 Å². The van der Waals surface area contributed by atoms with E-state index in [1.165, 1.54) is 15.4 Å². The Hall–Kier alpha value is -3.26. The van der Waals surface area contributed by atoms with Gasteiger partial charge in [0.25, 0.3) is 5.91 Å². The molecule has 0 amide bonds. The quantitative estimate of drug-likeness (QED) is 0.513. The smallest absolute Gasteiger partial charge is 0.294 e. The van der Waals surface area contributed by atoms with Gasteiger partial charge in [-0.1, -0.05) is 35.0 Å². The van der Waals surface area contributed by atoms with Crippen LogP contribution >= 0.6 is 11.6 Å². The van der Waals surface area contributed by atoms with Crippen LogP contribution in [0.5, 0.6) is 0 Å². The van der Waals surface area contributed by atoms with Crippen molar-refractivity contribution < 1.29 is 4.79 Å². The fourth-order valence-electron chi connectivity index (χ4n) is 2.66. The zero-order chi connectivity index (χ0) is 18.1. The van der Waals surface area contributed by atoms with Gasteiger partial charge in [-0.25, -0.2) is 19.0 Å². The normalized spacial score (nSPS) is 11.1. The van der Waals surface area contributed by atoms with Crippen LogP contribution in [0.2, 0.25) is 5.15 Å². The number of imidazole rings is 1. The third-order valence-corrected chi connectivity index (χ3v) is 4.19. The number of carbonyl (C=O) groups is 1. The minimum absolute atomic E-state index is 0.0765. The summed E-state index contributed by atoms with van der Waals surface area (Å²) in [4.78, 5) is 29.0. The van der Waals surface area contributed by atoms with E-state index >= 15 is 0 Å². The second kappa shape index (κ2) is 6.57. The Morgan fingerprint density at radius 1 is 1.12 bits per heavy atom. The fraction of sp³-hybridized carbons (Fsp3) is 0.118.